The second-order valence-electron chi connectivity index (χ2n) is 6.92. The molecule has 4 aromatic rings. The summed E-state index contributed by atoms with van der Waals surface area (Å²) in [5.41, 5.74) is 3.10. The lowest BCUT2D eigenvalue weighted by molar-refractivity contribution is 0.283. The molecule has 31 heavy (non-hydrogen) atoms. The number of benzene rings is 2. The van der Waals surface area contributed by atoms with Crippen LogP contribution in [0.4, 0.5) is 8.78 Å². The molecule has 0 aliphatic heterocycles. The molecule has 4 rings (SSSR count). The minimum atomic E-state index is -0.319. The standard InChI is InChI=1S/C24H18F2N4O/c25-21-6-2-17(3-7-21)1-4-19-14-22(26)8-5-20(19)16-31-24-10-12-29-30(24)23-13-18(15-27)9-11-28-23/h2-3,5-14H,1,4,16H2. The quantitative estimate of drug-likeness (QED) is 0.435. The van der Waals surface area contributed by atoms with Crippen molar-refractivity contribution < 1.29 is 13.5 Å². The van der Waals surface area contributed by atoms with Crippen LogP contribution in [0.1, 0.15) is 22.3 Å². The van der Waals surface area contributed by atoms with E-state index in [9.17, 15) is 8.78 Å². The lowest BCUT2D eigenvalue weighted by Crippen LogP contribution is -2.07. The predicted octanol–water partition coefficient (Wildman–Crippen LogP) is 4.78. The van der Waals surface area contributed by atoms with E-state index < -0.39 is 0 Å². The van der Waals surface area contributed by atoms with Crippen molar-refractivity contribution >= 4 is 0 Å². The summed E-state index contributed by atoms with van der Waals surface area (Å²) in [7, 11) is 0. The van der Waals surface area contributed by atoms with Gasteiger partial charge in [0.15, 0.2) is 5.82 Å². The first-order valence-electron chi connectivity index (χ1n) is 9.67. The number of nitriles is 1. The number of aryl methyl sites for hydroxylation is 2. The van der Waals surface area contributed by atoms with E-state index in [-0.39, 0.29) is 18.2 Å². The molecule has 0 amide bonds. The van der Waals surface area contributed by atoms with E-state index in [0.29, 0.717) is 30.1 Å². The Bertz CT molecular complexity index is 1230. The third kappa shape index (κ3) is 4.93. The monoisotopic (exact) mass is 416 g/mol. The molecule has 0 atom stereocenters. The first-order valence-corrected chi connectivity index (χ1v) is 9.67. The molecule has 2 heterocycles. The van der Waals surface area contributed by atoms with Crippen LogP contribution in [-0.2, 0) is 19.4 Å². The van der Waals surface area contributed by atoms with Crippen LogP contribution in [-0.4, -0.2) is 14.8 Å². The zero-order valence-electron chi connectivity index (χ0n) is 16.5. The molecule has 7 heteroatoms. The second-order valence-corrected chi connectivity index (χ2v) is 6.92. The number of hydrogen-bond donors (Lipinski definition) is 0. The smallest absolute Gasteiger partial charge is 0.218 e. The molecular weight excluding hydrogens is 398 g/mol. The maximum absolute atomic E-state index is 13.9. The van der Waals surface area contributed by atoms with Gasteiger partial charge in [-0.15, -0.1) is 0 Å². The van der Waals surface area contributed by atoms with Crippen molar-refractivity contribution in [1.29, 1.82) is 5.26 Å². The van der Waals surface area contributed by atoms with E-state index in [1.807, 2.05) is 0 Å². The predicted molar refractivity (Wildman–Crippen MR) is 111 cm³/mol. The summed E-state index contributed by atoms with van der Waals surface area (Å²) in [6, 6.07) is 17.9. The van der Waals surface area contributed by atoms with E-state index in [4.69, 9.17) is 10.00 Å². The van der Waals surface area contributed by atoms with E-state index in [0.717, 1.165) is 16.7 Å². The summed E-state index contributed by atoms with van der Waals surface area (Å²) >= 11 is 0. The molecule has 0 spiro atoms. The first-order chi connectivity index (χ1) is 15.1. The molecule has 154 valence electrons. The van der Waals surface area contributed by atoms with Crippen molar-refractivity contribution in [2.24, 2.45) is 0 Å². The van der Waals surface area contributed by atoms with Gasteiger partial charge in [-0.05, 0) is 59.9 Å². The SMILES string of the molecule is N#Cc1ccnc(-n2nccc2OCc2ccc(F)cc2CCc2ccc(F)cc2)c1. The molecule has 0 bridgehead atoms. The van der Waals surface area contributed by atoms with Gasteiger partial charge in [-0.1, -0.05) is 18.2 Å². The van der Waals surface area contributed by atoms with Crippen molar-refractivity contribution in [3.63, 3.8) is 0 Å². The minimum Gasteiger partial charge on any atom is -0.473 e. The fourth-order valence-electron chi connectivity index (χ4n) is 3.23. The zero-order chi connectivity index (χ0) is 21.6. The fraction of sp³-hybridized carbons (Fsp3) is 0.125. The highest BCUT2D eigenvalue weighted by atomic mass is 19.1. The normalized spacial score (nSPS) is 10.6. The molecule has 2 aromatic carbocycles. The summed E-state index contributed by atoms with van der Waals surface area (Å²) in [6.07, 6.45) is 4.36. The number of aromatic nitrogens is 3. The first kappa shape index (κ1) is 20.2. The summed E-state index contributed by atoms with van der Waals surface area (Å²) in [5.74, 6) is 0.321. The van der Waals surface area contributed by atoms with Crippen LogP contribution in [0, 0.1) is 23.0 Å². The Morgan fingerprint density at radius 3 is 2.48 bits per heavy atom. The third-order valence-electron chi connectivity index (χ3n) is 4.84. The largest absolute Gasteiger partial charge is 0.473 e. The Balaban J connectivity index is 1.50. The fourth-order valence-corrected chi connectivity index (χ4v) is 3.23. The Morgan fingerprint density at radius 1 is 0.871 bits per heavy atom. The van der Waals surface area contributed by atoms with Gasteiger partial charge < -0.3 is 4.74 Å². The van der Waals surface area contributed by atoms with Crippen molar-refractivity contribution in [1.82, 2.24) is 14.8 Å². The van der Waals surface area contributed by atoms with Gasteiger partial charge in [-0.3, -0.25) is 0 Å². The average molecular weight is 416 g/mol. The lowest BCUT2D eigenvalue weighted by atomic mass is 10.00. The van der Waals surface area contributed by atoms with Gasteiger partial charge >= 0.3 is 0 Å². The van der Waals surface area contributed by atoms with Gasteiger partial charge in [-0.25, -0.2) is 13.8 Å². The zero-order valence-corrected chi connectivity index (χ0v) is 16.5. The van der Waals surface area contributed by atoms with Crippen LogP contribution in [0.2, 0.25) is 0 Å². The number of ether oxygens (including phenoxy) is 1. The highest BCUT2D eigenvalue weighted by Crippen LogP contribution is 2.20. The number of halogens is 2. The van der Waals surface area contributed by atoms with Crippen LogP contribution < -0.4 is 4.74 Å². The van der Waals surface area contributed by atoms with Crippen LogP contribution >= 0.6 is 0 Å². The van der Waals surface area contributed by atoms with Gasteiger partial charge in [-0.2, -0.15) is 15.0 Å². The Labute approximate surface area is 178 Å². The summed E-state index contributed by atoms with van der Waals surface area (Å²) in [4.78, 5) is 4.24. The van der Waals surface area contributed by atoms with Crippen molar-refractivity contribution in [2.45, 2.75) is 19.4 Å². The topological polar surface area (TPSA) is 63.7 Å². The molecule has 0 saturated heterocycles. The van der Waals surface area contributed by atoms with Gasteiger partial charge in [0.25, 0.3) is 0 Å². The van der Waals surface area contributed by atoms with Crippen molar-refractivity contribution in [2.75, 3.05) is 0 Å². The average Bonchev–Trinajstić information content (AvgIpc) is 3.27. The molecule has 0 aliphatic carbocycles. The maximum atomic E-state index is 13.9. The van der Waals surface area contributed by atoms with E-state index in [1.165, 1.54) is 35.1 Å². The molecule has 5 nitrogen and oxygen atoms in total. The summed E-state index contributed by atoms with van der Waals surface area (Å²) in [6.45, 7) is 0.211. The Kier molecular flexibility index (Phi) is 5.99. The van der Waals surface area contributed by atoms with Gasteiger partial charge in [0, 0.05) is 18.3 Å². The highest BCUT2D eigenvalue weighted by Gasteiger charge is 2.11. The number of rotatable bonds is 7. The molecule has 0 aliphatic rings. The molecule has 2 aromatic heterocycles. The number of pyridine rings is 1. The van der Waals surface area contributed by atoms with Crippen LogP contribution in [0.15, 0.2) is 73.1 Å². The number of hydrogen-bond acceptors (Lipinski definition) is 4. The van der Waals surface area contributed by atoms with Crippen LogP contribution in [0.25, 0.3) is 5.82 Å². The van der Waals surface area contributed by atoms with E-state index in [1.54, 1.807) is 42.6 Å². The van der Waals surface area contributed by atoms with Crippen LogP contribution in [0.5, 0.6) is 5.88 Å². The maximum Gasteiger partial charge on any atom is 0.218 e. The molecule has 0 N–H and O–H groups in total. The third-order valence-corrected chi connectivity index (χ3v) is 4.84. The molecule has 0 fully saturated rings. The van der Waals surface area contributed by atoms with Crippen LogP contribution in [0.3, 0.4) is 0 Å². The Morgan fingerprint density at radius 2 is 1.68 bits per heavy atom. The summed E-state index contributed by atoms with van der Waals surface area (Å²) < 4.78 is 34.4. The Hall–Kier alpha value is -4.05. The molecule has 0 unspecified atom stereocenters. The lowest BCUT2D eigenvalue weighted by Gasteiger charge is -2.13. The summed E-state index contributed by atoms with van der Waals surface area (Å²) in [5, 5.41) is 13.3. The van der Waals surface area contributed by atoms with E-state index in [2.05, 4.69) is 16.2 Å². The molecule has 0 saturated carbocycles. The molecular formula is C24H18F2N4O. The minimum absolute atomic E-state index is 0.211. The highest BCUT2D eigenvalue weighted by molar-refractivity contribution is 5.37. The van der Waals surface area contributed by atoms with Gasteiger partial charge in [0.1, 0.15) is 18.2 Å². The van der Waals surface area contributed by atoms with Gasteiger partial charge in [0.05, 0.1) is 17.8 Å². The molecule has 0 radical (unpaired) electrons. The van der Waals surface area contributed by atoms with Crippen molar-refractivity contribution in [3.05, 3.63) is 107 Å². The van der Waals surface area contributed by atoms with Crippen molar-refractivity contribution in [3.8, 4) is 17.8 Å². The van der Waals surface area contributed by atoms with Gasteiger partial charge in [0.2, 0.25) is 5.88 Å². The number of nitrogens with zero attached hydrogens (tertiary/aromatic N) is 4. The second kappa shape index (κ2) is 9.18. The van der Waals surface area contributed by atoms with E-state index >= 15 is 0 Å².